The molecule has 148 valence electrons. The maximum Gasteiger partial charge on any atom is 0.246 e. The molecule has 1 fully saturated rings. The molecule has 0 aromatic heterocycles. The van der Waals surface area contributed by atoms with E-state index in [1.807, 2.05) is 0 Å². The lowest BCUT2D eigenvalue weighted by Gasteiger charge is -2.28. The first-order valence-electron chi connectivity index (χ1n) is 9.03. The van der Waals surface area contributed by atoms with Crippen molar-refractivity contribution in [2.45, 2.75) is 12.8 Å². The van der Waals surface area contributed by atoms with Crippen LogP contribution in [0.4, 0.5) is 8.78 Å². The minimum absolute atomic E-state index is 0.0869. The van der Waals surface area contributed by atoms with Crippen molar-refractivity contribution in [1.29, 1.82) is 5.26 Å². The first-order chi connectivity index (χ1) is 14.0. The highest BCUT2D eigenvalue weighted by molar-refractivity contribution is 5.92. The van der Waals surface area contributed by atoms with E-state index in [1.165, 1.54) is 36.4 Å². The second-order valence-corrected chi connectivity index (χ2v) is 6.57. The molecule has 5 nitrogen and oxygen atoms in total. The highest BCUT2D eigenvalue weighted by Gasteiger charge is 2.21. The van der Waals surface area contributed by atoms with Crippen molar-refractivity contribution in [2.75, 3.05) is 13.1 Å². The Morgan fingerprint density at radius 2 is 1.83 bits per heavy atom. The summed E-state index contributed by atoms with van der Waals surface area (Å²) in [4.78, 5) is 19.1. The molecule has 1 amide bonds. The van der Waals surface area contributed by atoms with Crippen molar-refractivity contribution in [3.05, 3.63) is 82.4 Å². The molecule has 29 heavy (non-hydrogen) atoms. The van der Waals surface area contributed by atoms with Crippen LogP contribution in [-0.4, -0.2) is 23.9 Å². The Kier molecular flexibility index (Phi) is 6.37. The fourth-order valence-electron chi connectivity index (χ4n) is 3.18. The van der Waals surface area contributed by atoms with Crippen molar-refractivity contribution >= 4 is 17.7 Å². The molecule has 0 atom stereocenters. The zero-order valence-corrected chi connectivity index (χ0v) is 15.6. The number of nitrogens with two attached hydrogens (primary N) is 1. The molecular formula is C22H19F2N3O2. The number of carbonyl (C=O) groups excluding carboxylic acids is 1. The topological polar surface area (TPSA) is 79.3 Å². The fraction of sp³-hybridized carbons (Fsp3) is 0.182. The number of hydrogen-bond acceptors (Lipinski definition) is 4. The van der Waals surface area contributed by atoms with Crippen LogP contribution >= 0.6 is 0 Å². The minimum atomic E-state index is -0.606. The van der Waals surface area contributed by atoms with Crippen LogP contribution in [0.25, 0.3) is 11.8 Å². The third-order valence-corrected chi connectivity index (χ3v) is 4.76. The number of halogens is 2. The Bertz CT molecular complexity index is 998. The SMILES string of the molecule is N#Cc1cc(C(ON)=C2CCN(C(=O)/C=C/c3ccc(F)cc3)CC2)ccc1F. The quantitative estimate of drug-likeness (QED) is 0.486. The van der Waals surface area contributed by atoms with Gasteiger partial charge in [-0.15, -0.1) is 0 Å². The lowest BCUT2D eigenvalue weighted by molar-refractivity contribution is -0.126. The number of amides is 1. The van der Waals surface area contributed by atoms with Crippen LogP contribution in [0, 0.1) is 23.0 Å². The van der Waals surface area contributed by atoms with Gasteiger partial charge in [-0.05, 0) is 60.4 Å². The largest absolute Gasteiger partial charge is 0.411 e. The van der Waals surface area contributed by atoms with Gasteiger partial charge < -0.3 is 9.74 Å². The van der Waals surface area contributed by atoms with Gasteiger partial charge in [-0.2, -0.15) is 11.2 Å². The lowest BCUT2D eigenvalue weighted by Crippen LogP contribution is -2.35. The molecule has 2 N–H and O–H groups in total. The van der Waals surface area contributed by atoms with Gasteiger partial charge in [0.1, 0.15) is 17.7 Å². The van der Waals surface area contributed by atoms with Gasteiger partial charge >= 0.3 is 0 Å². The molecule has 1 aliphatic heterocycles. The molecule has 0 unspecified atom stereocenters. The monoisotopic (exact) mass is 395 g/mol. The summed E-state index contributed by atoms with van der Waals surface area (Å²) >= 11 is 0. The predicted octanol–water partition coefficient (Wildman–Crippen LogP) is 3.77. The summed E-state index contributed by atoms with van der Waals surface area (Å²) in [6.45, 7) is 0.947. The van der Waals surface area contributed by atoms with Gasteiger partial charge in [0.25, 0.3) is 0 Å². The van der Waals surface area contributed by atoms with E-state index in [9.17, 15) is 13.6 Å². The molecule has 0 radical (unpaired) electrons. The number of likely N-dealkylation sites (tertiary alicyclic amines) is 1. The maximum atomic E-state index is 13.6. The third-order valence-electron chi connectivity index (χ3n) is 4.76. The highest BCUT2D eigenvalue weighted by Crippen LogP contribution is 2.28. The first kappa shape index (κ1) is 20.2. The second-order valence-electron chi connectivity index (χ2n) is 6.57. The first-order valence-corrected chi connectivity index (χ1v) is 9.03. The van der Waals surface area contributed by atoms with Crippen LogP contribution in [0.5, 0.6) is 0 Å². The van der Waals surface area contributed by atoms with Crippen LogP contribution in [0.1, 0.15) is 29.5 Å². The third kappa shape index (κ3) is 4.86. The Morgan fingerprint density at radius 3 is 2.45 bits per heavy atom. The fourth-order valence-corrected chi connectivity index (χ4v) is 3.18. The van der Waals surface area contributed by atoms with E-state index in [0.29, 0.717) is 37.3 Å². The van der Waals surface area contributed by atoms with Gasteiger partial charge in [-0.3, -0.25) is 4.79 Å². The standard InChI is InChI=1S/C22H19F2N3O2/c23-19-5-1-15(2-6-19)3-8-21(28)27-11-9-16(10-12-27)22(29-26)17-4-7-20(24)18(13-17)14-25/h1-8,13H,9-12,26H2/b8-3+. The maximum absolute atomic E-state index is 13.6. The molecule has 0 aliphatic carbocycles. The van der Waals surface area contributed by atoms with Gasteiger partial charge in [0.05, 0.1) is 5.56 Å². The molecule has 0 saturated carbocycles. The van der Waals surface area contributed by atoms with Gasteiger partial charge in [0.2, 0.25) is 5.91 Å². The summed E-state index contributed by atoms with van der Waals surface area (Å²) in [5, 5.41) is 9.00. The highest BCUT2D eigenvalue weighted by atomic mass is 19.1. The van der Waals surface area contributed by atoms with Crippen LogP contribution in [0.2, 0.25) is 0 Å². The van der Waals surface area contributed by atoms with Crippen LogP contribution in [-0.2, 0) is 9.63 Å². The van der Waals surface area contributed by atoms with Crippen molar-refractivity contribution in [3.63, 3.8) is 0 Å². The van der Waals surface area contributed by atoms with E-state index in [-0.39, 0.29) is 17.3 Å². The number of carbonyl (C=O) groups is 1. The Balaban J connectivity index is 1.68. The Labute approximate surface area is 167 Å². The number of hydrogen-bond donors (Lipinski definition) is 1. The summed E-state index contributed by atoms with van der Waals surface area (Å²) in [5.74, 6) is 4.75. The van der Waals surface area contributed by atoms with Crippen molar-refractivity contribution in [1.82, 2.24) is 4.90 Å². The van der Waals surface area contributed by atoms with E-state index in [1.54, 1.807) is 29.2 Å². The minimum Gasteiger partial charge on any atom is -0.411 e. The van der Waals surface area contributed by atoms with E-state index in [0.717, 1.165) is 11.1 Å². The smallest absolute Gasteiger partial charge is 0.246 e. The summed E-state index contributed by atoms with van der Waals surface area (Å²) < 4.78 is 26.5. The van der Waals surface area contributed by atoms with Crippen molar-refractivity contribution in [3.8, 4) is 6.07 Å². The molecule has 3 rings (SSSR count). The van der Waals surface area contributed by atoms with Crippen LogP contribution in [0.3, 0.4) is 0 Å². The van der Waals surface area contributed by atoms with Crippen molar-refractivity contribution in [2.24, 2.45) is 5.90 Å². The number of benzene rings is 2. The average Bonchev–Trinajstić information content (AvgIpc) is 2.75. The van der Waals surface area contributed by atoms with Crippen molar-refractivity contribution < 1.29 is 18.4 Å². The lowest BCUT2D eigenvalue weighted by atomic mass is 9.98. The number of piperidine rings is 1. The predicted molar refractivity (Wildman–Crippen MR) is 105 cm³/mol. The Morgan fingerprint density at radius 1 is 1.14 bits per heavy atom. The number of rotatable bonds is 4. The molecule has 0 bridgehead atoms. The van der Waals surface area contributed by atoms with E-state index < -0.39 is 5.82 Å². The molecule has 2 aromatic rings. The van der Waals surface area contributed by atoms with Gasteiger partial charge in [-0.25, -0.2) is 8.78 Å². The Hall–Kier alpha value is -3.50. The summed E-state index contributed by atoms with van der Waals surface area (Å²) in [6, 6.07) is 11.8. The van der Waals surface area contributed by atoms with E-state index in [4.69, 9.17) is 16.0 Å². The average molecular weight is 395 g/mol. The van der Waals surface area contributed by atoms with Gasteiger partial charge in [0.15, 0.2) is 5.76 Å². The molecule has 2 aromatic carbocycles. The van der Waals surface area contributed by atoms with E-state index in [2.05, 4.69) is 0 Å². The molecular weight excluding hydrogens is 376 g/mol. The number of nitriles is 1. The van der Waals surface area contributed by atoms with E-state index >= 15 is 0 Å². The molecule has 1 heterocycles. The summed E-state index contributed by atoms with van der Waals surface area (Å²) in [5.41, 5.74) is 2.07. The van der Waals surface area contributed by atoms with Gasteiger partial charge in [0, 0.05) is 24.7 Å². The molecule has 1 aliphatic rings. The summed E-state index contributed by atoms with van der Waals surface area (Å²) in [7, 11) is 0. The zero-order valence-electron chi connectivity index (χ0n) is 15.6. The zero-order chi connectivity index (χ0) is 20.8. The normalized spacial score (nSPS) is 14.0. The molecule has 7 heteroatoms. The second kappa shape index (κ2) is 9.13. The molecule has 0 spiro atoms. The summed E-state index contributed by atoms with van der Waals surface area (Å²) in [6.07, 6.45) is 4.19. The molecule has 1 saturated heterocycles. The van der Waals surface area contributed by atoms with Crippen LogP contribution < -0.4 is 5.90 Å². The number of nitrogens with zero attached hydrogens (tertiary/aromatic N) is 2. The van der Waals surface area contributed by atoms with Crippen LogP contribution in [0.15, 0.2) is 54.1 Å². The van der Waals surface area contributed by atoms with Gasteiger partial charge in [-0.1, -0.05) is 12.1 Å².